The quantitative estimate of drug-likeness (QED) is 0.374. The van der Waals surface area contributed by atoms with E-state index in [0.29, 0.717) is 18.4 Å². The van der Waals surface area contributed by atoms with E-state index in [1.165, 1.54) is 0 Å². The predicted octanol–water partition coefficient (Wildman–Crippen LogP) is -0.708. The predicted molar refractivity (Wildman–Crippen MR) is 94.9 cm³/mol. The van der Waals surface area contributed by atoms with Gasteiger partial charge in [0.1, 0.15) is 11.2 Å². The molecule has 1 aliphatic carbocycles. The number of carbonyl (C=O) groups excluding carboxylic acids is 1. The third-order valence-corrected chi connectivity index (χ3v) is 5.10. The van der Waals surface area contributed by atoms with Gasteiger partial charge in [-0.05, 0) is 37.7 Å². The van der Waals surface area contributed by atoms with Gasteiger partial charge in [0.25, 0.3) is 0 Å². The molecule has 3 aromatic rings. The molecule has 4 N–H and O–H groups in total. The molecule has 0 bridgehead atoms. The Labute approximate surface area is 173 Å². The van der Waals surface area contributed by atoms with E-state index >= 15 is 0 Å². The molecule has 0 atom stereocenters. The van der Waals surface area contributed by atoms with Gasteiger partial charge in [-0.3, -0.25) is 6.29 Å². The zero-order chi connectivity index (χ0) is 16.5. The first-order chi connectivity index (χ1) is 11.8. The summed E-state index contributed by atoms with van der Waals surface area (Å²) in [7, 11) is 0. The van der Waals surface area contributed by atoms with Gasteiger partial charge in [0.15, 0.2) is 0 Å². The van der Waals surface area contributed by atoms with Crippen LogP contribution in [0.5, 0.6) is 0 Å². The number of aromatic amines is 1. The molecule has 8 heteroatoms. The van der Waals surface area contributed by atoms with E-state index in [2.05, 4.69) is 25.6 Å². The molecule has 26 heavy (non-hydrogen) atoms. The van der Waals surface area contributed by atoms with Crippen LogP contribution in [-0.2, 0) is 16.7 Å². The molecule has 0 aromatic carbocycles. The van der Waals surface area contributed by atoms with Crippen molar-refractivity contribution in [3.05, 3.63) is 24.3 Å². The van der Waals surface area contributed by atoms with Crippen LogP contribution in [0.1, 0.15) is 44.0 Å². The first kappa shape index (κ1) is 20.6. The molecule has 0 amide bonds. The summed E-state index contributed by atoms with van der Waals surface area (Å²) < 4.78 is 2.22. The van der Waals surface area contributed by atoms with Gasteiger partial charge >= 0.3 is 29.6 Å². The summed E-state index contributed by atoms with van der Waals surface area (Å²) in [6.07, 6.45) is 10.6. The van der Waals surface area contributed by atoms with Gasteiger partial charge < -0.3 is 19.8 Å². The van der Waals surface area contributed by atoms with Crippen LogP contribution in [0, 0.1) is 17.2 Å². The van der Waals surface area contributed by atoms with Crippen LogP contribution >= 0.6 is 0 Å². The van der Waals surface area contributed by atoms with Crippen LogP contribution in [0.15, 0.2) is 18.5 Å². The summed E-state index contributed by atoms with van der Waals surface area (Å²) in [4.78, 5) is 23.2. The van der Waals surface area contributed by atoms with Crippen molar-refractivity contribution >= 4 is 28.4 Å². The molecular weight excluding hydrogens is 341 g/mol. The maximum Gasteiger partial charge on any atom is 1.00 e. The first-order valence-electron chi connectivity index (χ1n) is 8.36. The number of nitrogens with zero attached hydrogens (tertiary/aromatic N) is 4. The number of pyridine rings is 1. The minimum absolute atomic E-state index is 0. The number of H-pyrrole nitrogens is 1. The molecule has 0 unspecified atom stereocenters. The second-order valence-corrected chi connectivity index (χ2v) is 6.49. The van der Waals surface area contributed by atoms with E-state index in [1.54, 1.807) is 6.20 Å². The number of nitriles is 1. The molecule has 130 valence electrons. The van der Waals surface area contributed by atoms with Crippen molar-refractivity contribution in [1.82, 2.24) is 19.5 Å². The monoisotopic (exact) mass is 362 g/mol. The molecule has 0 aliphatic heterocycles. The largest absolute Gasteiger partial charge is 1.00 e. The van der Waals surface area contributed by atoms with Crippen molar-refractivity contribution in [1.29, 1.82) is 5.26 Å². The maximum atomic E-state index is 11.0. The fraction of sp³-hybridized carbons (Fsp3) is 0.444. The van der Waals surface area contributed by atoms with E-state index in [1.807, 2.05) is 18.5 Å². The number of rotatable bonds is 4. The molecule has 3 heterocycles. The zero-order valence-electron chi connectivity index (χ0n) is 14.9. The average Bonchev–Trinajstić information content (AvgIpc) is 3.20. The van der Waals surface area contributed by atoms with Crippen molar-refractivity contribution in [3.8, 4) is 6.07 Å². The van der Waals surface area contributed by atoms with Gasteiger partial charge in [0.2, 0.25) is 0 Å². The van der Waals surface area contributed by atoms with Crippen LogP contribution in [0.2, 0.25) is 0 Å². The van der Waals surface area contributed by atoms with Gasteiger partial charge in [0.05, 0.1) is 23.6 Å². The SMILES string of the molecule is N#CCC1CCC(n2c(C[C-]=O)nc3cnc4[nH]ccc4c32)CC1.[Na+].[OH3+]. The number of imidazole rings is 1. The fourth-order valence-corrected chi connectivity index (χ4v) is 3.96. The zero-order valence-corrected chi connectivity index (χ0v) is 16.9. The smallest absolute Gasteiger partial charge is 0.541 e. The number of nitrogens with one attached hydrogen (secondary N) is 1. The summed E-state index contributed by atoms with van der Waals surface area (Å²) in [5.41, 5.74) is 2.71. The maximum absolute atomic E-state index is 11.0. The topological polar surface area (TPSA) is 120 Å². The van der Waals surface area contributed by atoms with Crippen molar-refractivity contribution < 1.29 is 39.8 Å². The second-order valence-electron chi connectivity index (χ2n) is 6.49. The normalized spacial score (nSPS) is 19.5. The molecule has 0 radical (unpaired) electrons. The molecule has 4 rings (SSSR count). The summed E-state index contributed by atoms with van der Waals surface area (Å²) in [5, 5.41) is 9.94. The summed E-state index contributed by atoms with van der Waals surface area (Å²) in [5.74, 6) is 1.26. The van der Waals surface area contributed by atoms with E-state index in [9.17, 15) is 4.79 Å². The molecule has 1 saturated carbocycles. The van der Waals surface area contributed by atoms with E-state index < -0.39 is 0 Å². The Morgan fingerprint density at radius 1 is 1.35 bits per heavy atom. The second kappa shape index (κ2) is 8.78. The van der Waals surface area contributed by atoms with Crippen molar-refractivity contribution in [3.63, 3.8) is 0 Å². The van der Waals surface area contributed by atoms with E-state index in [-0.39, 0.29) is 41.5 Å². The minimum atomic E-state index is 0. The molecule has 0 saturated heterocycles. The molecular formula is C18H21N5NaO2+. The van der Waals surface area contributed by atoms with Crippen LogP contribution < -0.4 is 29.6 Å². The van der Waals surface area contributed by atoms with Crippen LogP contribution in [-0.4, -0.2) is 25.8 Å². The van der Waals surface area contributed by atoms with Crippen molar-refractivity contribution in [2.45, 2.75) is 44.6 Å². The molecule has 7 nitrogen and oxygen atoms in total. The number of aromatic nitrogens is 4. The van der Waals surface area contributed by atoms with Gasteiger partial charge in [-0.25, -0.2) is 9.97 Å². The summed E-state index contributed by atoms with van der Waals surface area (Å²) in [6, 6.07) is 4.61. The van der Waals surface area contributed by atoms with E-state index in [0.717, 1.165) is 53.6 Å². The molecule has 3 aromatic heterocycles. The van der Waals surface area contributed by atoms with Crippen molar-refractivity contribution in [2.24, 2.45) is 5.92 Å². The Morgan fingerprint density at radius 2 is 2.12 bits per heavy atom. The van der Waals surface area contributed by atoms with Gasteiger partial charge in [-0.1, -0.05) is 6.42 Å². The van der Waals surface area contributed by atoms with Gasteiger partial charge in [0, 0.05) is 24.0 Å². The summed E-state index contributed by atoms with van der Waals surface area (Å²) >= 11 is 0. The Bertz CT molecular complexity index is 934. The number of hydrogen-bond acceptors (Lipinski definition) is 4. The Kier molecular flexibility index (Phi) is 6.95. The fourth-order valence-electron chi connectivity index (χ4n) is 3.96. The Hall–Kier alpha value is -1.72. The standard InChI is InChI=1S/C18H18N5O.Na.H2O/c19-8-5-12-1-3-13(4-2-12)23-16(7-10-24)22-15-11-21-18-14(17(15)23)6-9-20-18;;/h6,9,11-13H,1-5,7H2,(H,20,21);;1H2/q-1;+1;/p+1. The van der Waals surface area contributed by atoms with Crippen LogP contribution in [0.25, 0.3) is 22.1 Å². The number of hydrogen-bond donors (Lipinski definition) is 1. The Balaban J connectivity index is 0.00000121. The first-order valence-corrected chi connectivity index (χ1v) is 8.36. The van der Waals surface area contributed by atoms with Crippen molar-refractivity contribution in [2.75, 3.05) is 0 Å². The molecule has 1 fully saturated rings. The molecule has 0 spiro atoms. The Morgan fingerprint density at radius 3 is 2.81 bits per heavy atom. The molecule has 1 aliphatic rings. The minimum Gasteiger partial charge on any atom is -0.541 e. The third kappa shape index (κ3) is 3.55. The average molecular weight is 362 g/mol. The number of fused-ring (bicyclic) bond motifs is 3. The van der Waals surface area contributed by atoms with E-state index in [4.69, 9.17) is 5.26 Å². The van der Waals surface area contributed by atoms with Crippen LogP contribution in [0.3, 0.4) is 0 Å². The summed E-state index contributed by atoms with van der Waals surface area (Å²) in [6.45, 7) is 0. The third-order valence-electron chi connectivity index (χ3n) is 5.10. The van der Waals surface area contributed by atoms with Crippen LogP contribution in [0.4, 0.5) is 0 Å². The van der Waals surface area contributed by atoms with Gasteiger partial charge in [-0.2, -0.15) is 5.26 Å². The van der Waals surface area contributed by atoms with Gasteiger partial charge in [-0.15, -0.1) is 0 Å².